The van der Waals surface area contributed by atoms with Gasteiger partial charge in [0.25, 0.3) is 0 Å². The van der Waals surface area contributed by atoms with Crippen molar-refractivity contribution in [2.75, 3.05) is 6.54 Å². The maximum Gasteiger partial charge on any atom is 0.318 e. The standard InChI is InChI=1S/C15H17FN2O/c1-3-8-18(15(19)17-14-9-11(14)2)10-12-4-6-13(16)7-5-12/h1,4-7,11,14H,8-10H2,2H3,(H,17,19)/t11-,14-/m1/s1. The summed E-state index contributed by atoms with van der Waals surface area (Å²) in [7, 11) is 0. The Morgan fingerprint density at radius 3 is 2.68 bits per heavy atom. The van der Waals surface area contributed by atoms with Crippen molar-refractivity contribution in [2.24, 2.45) is 5.92 Å². The Kier molecular flexibility index (Phi) is 4.06. The Bertz CT molecular complexity index is 492. The van der Waals surface area contributed by atoms with Gasteiger partial charge in [0.15, 0.2) is 0 Å². The predicted molar refractivity (Wildman–Crippen MR) is 71.7 cm³/mol. The normalized spacial score (nSPS) is 20.5. The van der Waals surface area contributed by atoms with Gasteiger partial charge in [-0.05, 0) is 30.0 Å². The van der Waals surface area contributed by atoms with Crippen molar-refractivity contribution in [3.63, 3.8) is 0 Å². The third-order valence-corrected chi connectivity index (χ3v) is 3.27. The Morgan fingerprint density at radius 2 is 2.16 bits per heavy atom. The van der Waals surface area contributed by atoms with E-state index in [0.717, 1.165) is 12.0 Å². The van der Waals surface area contributed by atoms with Crippen LogP contribution in [0, 0.1) is 24.1 Å². The molecule has 0 heterocycles. The van der Waals surface area contributed by atoms with E-state index in [-0.39, 0.29) is 24.4 Å². The van der Waals surface area contributed by atoms with E-state index in [0.29, 0.717) is 12.5 Å². The summed E-state index contributed by atoms with van der Waals surface area (Å²) in [5, 5.41) is 2.94. The van der Waals surface area contributed by atoms with E-state index in [2.05, 4.69) is 18.2 Å². The summed E-state index contributed by atoms with van der Waals surface area (Å²) in [5.74, 6) is 2.73. The van der Waals surface area contributed by atoms with Gasteiger partial charge in [-0.2, -0.15) is 0 Å². The number of benzene rings is 1. The van der Waals surface area contributed by atoms with Gasteiger partial charge in [0.1, 0.15) is 5.82 Å². The molecule has 1 fully saturated rings. The second-order valence-corrected chi connectivity index (χ2v) is 4.96. The minimum atomic E-state index is -0.288. The molecule has 1 aliphatic rings. The summed E-state index contributed by atoms with van der Waals surface area (Å²) in [6, 6.07) is 6.18. The molecule has 0 radical (unpaired) electrons. The lowest BCUT2D eigenvalue weighted by Gasteiger charge is -2.21. The van der Waals surface area contributed by atoms with Crippen LogP contribution in [0.15, 0.2) is 24.3 Å². The molecule has 1 saturated carbocycles. The first kappa shape index (κ1) is 13.4. The van der Waals surface area contributed by atoms with E-state index < -0.39 is 0 Å². The second-order valence-electron chi connectivity index (χ2n) is 4.96. The molecule has 2 amide bonds. The number of nitrogens with zero attached hydrogens (tertiary/aromatic N) is 1. The molecule has 2 atom stereocenters. The Morgan fingerprint density at radius 1 is 1.53 bits per heavy atom. The van der Waals surface area contributed by atoms with Gasteiger partial charge in [0.05, 0.1) is 6.54 Å². The molecule has 0 bridgehead atoms. The molecule has 4 heteroatoms. The van der Waals surface area contributed by atoms with Gasteiger partial charge in [0.2, 0.25) is 0 Å². The van der Waals surface area contributed by atoms with Crippen LogP contribution in [0.5, 0.6) is 0 Å². The molecule has 1 N–H and O–H groups in total. The largest absolute Gasteiger partial charge is 0.335 e. The fraction of sp³-hybridized carbons (Fsp3) is 0.400. The first-order valence-corrected chi connectivity index (χ1v) is 6.33. The Hall–Kier alpha value is -2.02. The van der Waals surface area contributed by atoms with Crippen molar-refractivity contribution in [3.05, 3.63) is 35.6 Å². The highest BCUT2D eigenvalue weighted by Crippen LogP contribution is 2.29. The molecule has 0 unspecified atom stereocenters. The zero-order chi connectivity index (χ0) is 13.8. The minimum absolute atomic E-state index is 0.156. The highest BCUT2D eigenvalue weighted by atomic mass is 19.1. The average Bonchev–Trinajstić information content (AvgIpc) is 3.07. The van der Waals surface area contributed by atoms with E-state index in [1.165, 1.54) is 12.1 Å². The number of hydrogen-bond acceptors (Lipinski definition) is 1. The average molecular weight is 260 g/mol. The van der Waals surface area contributed by atoms with Crippen LogP contribution in [0.3, 0.4) is 0 Å². The minimum Gasteiger partial charge on any atom is -0.335 e. The summed E-state index contributed by atoms with van der Waals surface area (Å²) in [6.07, 6.45) is 6.31. The molecule has 2 rings (SSSR count). The first-order chi connectivity index (χ1) is 9.10. The van der Waals surface area contributed by atoms with Crippen molar-refractivity contribution in [3.8, 4) is 12.3 Å². The van der Waals surface area contributed by atoms with Crippen LogP contribution in [0.25, 0.3) is 0 Å². The highest BCUT2D eigenvalue weighted by Gasteiger charge is 2.34. The van der Waals surface area contributed by atoms with Crippen LogP contribution in [-0.4, -0.2) is 23.5 Å². The van der Waals surface area contributed by atoms with Gasteiger partial charge >= 0.3 is 6.03 Å². The summed E-state index contributed by atoms with van der Waals surface area (Å²) in [4.78, 5) is 13.6. The molecule has 100 valence electrons. The number of carbonyl (C=O) groups is 1. The molecule has 0 aliphatic heterocycles. The smallest absolute Gasteiger partial charge is 0.318 e. The molecule has 0 aromatic heterocycles. The van der Waals surface area contributed by atoms with E-state index in [9.17, 15) is 9.18 Å². The quantitative estimate of drug-likeness (QED) is 0.828. The number of terminal acetylenes is 1. The molecular weight excluding hydrogens is 243 g/mol. The SMILES string of the molecule is C#CCN(Cc1ccc(F)cc1)C(=O)N[C@@H]1C[C@H]1C. The van der Waals surface area contributed by atoms with Crippen LogP contribution in [-0.2, 0) is 6.54 Å². The fourth-order valence-corrected chi connectivity index (χ4v) is 1.89. The van der Waals surface area contributed by atoms with E-state index in [1.54, 1.807) is 17.0 Å². The van der Waals surface area contributed by atoms with Crippen molar-refractivity contribution in [1.29, 1.82) is 0 Å². The summed E-state index contributed by atoms with van der Waals surface area (Å²) >= 11 is 0. The molecular formula is C15H17FN2O. The number of halogens is 1. The van der Waals surface area contributed by atoms with E-state index in [1.807, 2.05) is 0 Å². The van der Waals surface area contributed by atoms with Gasteiger partial charge in [0, 0.05) is 12.6 Å². The maximum atomic E-state index is 12.8. The third-order valence-electron chi connectivity index (χ3n) is 3.27. The number of urea groups is 1. The lowest BCUT2D eigenvalue weighted by atomic mass is 10.2. The van der Waals surface area contributed by atoms with Crippen LogP contribution < -0.4 is 5.32 Å². The van der Waals surface area contributed by atoms with Gasteiger partial charge < -0.3 is 10.2 Å². The zero-order valence-corrected chi connectivity index (χ0v) is 10.9. The first-order valence-electron chi connectivity index (χ1n) is 6.33. The molecule has 19 heavy (non-hydrogen) atoms. The van der Waals surface area contributed by atoms with Gasteiger partial charge in [-0.25, -0.2) is 9.18 Å². The van der Waals surface area contributed by atoms with Crippen molar-refractivity contribution < 1.29 is 9.18 Å². The van der Waals surface area contributed by atoms with Crippen LogP contribution in [0.1, 0.15) is 18.9 Å². The topological polar surface area (TPSA) is 32.3 Å². The number of rotatable bonds is 4. The lowest BCUT2D eigenvalue weighted by Crippen LogP contribution is -2.41. The Balaban J connectivity index is 1.97. The highest BCUT2D eigenvalue weighted by molar-refractivity contribution is 5.75. The fourth-order valence-electron chi connectivity index (χ4n) is 1.89. The zero-order valence-electron chi connectivity index (χ0n) is 10.9. The number of amides is 2. The van der Waals surface area contributed by atoms with Gasteiger partial charge in [-0.15, -0.1) is 6.42 Å². The maximum absolute atomic E-state index is 12.8. The van der Waals surface area contributed by atoms with Crippen LogP contribution >= 0.6 is 0 Å². The summed E-state index contributed by atoms with van der Waals surface area (Å²) < 4.78 is 12.8. The van der Waals surface area contributed by atoms with Gasteiger partial charge in [-0.1, -0.05) is 25.0 Å². The van der Waals surface area contributed by atoms with Gasteiger partial charge in [-0.3, -0.25) is 0 Å². The monoisotopic (exact) mass is 260 g/mol. The third kappa shape index (κ3) is 3.72. The molecule has 3 nitrogen and oxygen atoms in total. The van der Waals surface area contributed by atoms with E-state index >= 15 is 0 Å². The summed E-state index contributed by atoms with van der Waals surface area (Å²) in [5.41, 5.74) is 0.857. The number of carbonyl (C=O) groups excluding carboxylic acids is 1. The summed E-state index contributed by atoms with van der Waals surface area (Å²) in [6.45, 7) is 2.72. The number of hydrogen-bond donors (Lipinski definition) is 1. The lowest BCUT2D eigenvalue weighted by molar-refractivity contribution is 0.201. The molecule has 1 aromatic rings. The van der Waals surface area contributed by atoms with Crippen molar-refractivity contribution in [2.45, 2.75) is 25.9 Å². The van der Waals surface area contributed by atoms with E-state index in [4.69, 9.17) is 6.42 Å². The second kappa shape index (κ2) is 5.75. The van der Waals surface area contributed by atoms with Crippen molar-refractivity contribution >= 4 is 6.03 Å². The molecule has 0 saturated heterocycles. The van der Waals surface area contributed by atoms with Crippen molar-refractivity contribution in [1.82, 2.24) is 10.2 Å². The molecule has 0 spiro atoms. The predicted octanol–water partition coefficient (Wildman–Crippen LogP) is 2.38. The number of nitrogens with one attached hydrogen (secondary N) is 1. The van der Waals surface area contributed by atoms with Crippen LogP contribution in [0.4, 0.5) is 9.18 Å². The molecule has 1 aromatic carbocycles. The Labute approximate surface area is 112 Å². The molecule has 1 aliphatic carbocycles. The van der Waals surface area contributed by atoms with Crippen LogP contribution in [0.2, 0.25) is 0 Å².